The maximum atomic E-state index is 15.3. The summed E-state index contributed by atoms with van der Waals surface area (Å²) in [7, 11) is 0. The van der Waals surface area contributed by atoms with Crippen LogP contribution in [0.4, 0.5) is 10.6 Å². The van der Waals surface area contributed by atoms with Crippen LogP contribution in [0.3, 0.4) is 0 Å². The fourth-order valence-corrected chi connectivity index (χ4v) is 12.4. The lowest BCUT2D eigenvalue weighted by atomic mass is 9.97. The molecule has 0 aromatic carbocycles. The molecule has 3 unspecified atom stereocenters. The number of nitrogens with one attached hydrogen (secondary N) is 7. The van der Waals surface area contributed by atoms with Gasteiger partial charge < -0.3 is 171 Å². The topological polar surface area (TPSA) is 778 Å². The smallest absolute Gasteiger partial charge is 0.404 e. The SMILES string of the molecule is Cc1c(N)nc([C@H](CC(N)=O)NC[C@H](N)C(N)=O)nc1C(=O)N[C@H](C(=O)N[C@H](C)[C@@H](O)CC(=O)N[C@H](C(=O)NC(O[C@@H]1O[C@@H](C)[C@@H](N)[C@@H](O)[C@H]1O)C(O)c1nc(-c2nc(C(=O)NCC(O)CN)cs2)cs1)[C@@H](C)O)[C@@H](O[C@@H]1O[C@@H](CO)[C@@H](O)[C@H](O)[C@@H]1O[C@H]1O[C@H](CO)[C@@H](O)[C@H](OC(N)=O)[C@@H]1O)c1cnc[nH]1. The van der Waals surface area contributed by atoms with Crippen LogP contribution in [0.25, 0.3) is 10.7 Å². The van der Waals surface area contributed by atoms with Crippen molar-refractivity contribution in [1.82, 2.24) is 61.8 Å². The number of carbonyl (C=O) groups excluding carboxylic acids is 8. The predicted octanol–water partition coefficient (Wildman–Crippen LogP) is -12.3. The second kappa shape index (κ2) is 38.2. The van der Waals surface area contributed by atoms with Crippen LogP contribution >= 0.6 is 22.7 Å². The minimum absolute atomic E-state index is 0.0583. The molecule has 33 N–H and O–H groups in total. The van der Waals surface area contributed by atoms with Gasteiger partial charge in [-0.2, -0.15) is 0 Å². The van der Waals surface area contributed by atoms with Gasteiger partial charge in [0.05, 0.1) is 86.4 Å². The normalized spacial score (nSPS) is 27.8. The summed E-state index contributed by atoms with van der Waals surface area (Å²) in [6.45, 7) is 2.12. The zero-order chi connectivity index (χ0) is 78.5. The van der Waals surface area contributed by atoms with Crippen molar-refractivity contribution in [2.24, 2.45) is 34.4 Å². The summed E-state index contributed by atoms with van der Waals surface area (Å²) in [5.74, 6) is -8.56. The molecule has 0 aliphatic carbocycles. The Labute approximate surface area is 608 Å². The van der Waals surface area contributed by atoms with Gasteiger partial charge in [0.15, 0.2) is 37.3 Å². The Kier molecular flexibility index (Phi) is 30.7. The molecule has 3 aliphatic heterocycles. The molecule has 8 amide bonds. The van der Waals surface area contributed by atoms with Gasteiger partial charge in [0.1, 0.15) is 112 Å². The van der Waals surface area contributed by atoms with Crippen LogP contribution in [0, 0.1) is 6.92 Å². The maximum Gasteiger partial charge on any atom is 0.404 e. The van der Waals surface area contributed by atoms with Crippen LogP contribution in [0.2, 0.25) is 0 Å². The van der Waals surface area contributed by atoms with Crippen LogP contribution < -0.4 is 72.0 Å². The summed E-state index contributed by atoms with van der Waals surface area (Å²) in [5.41, 5.74) is 38.6. The van der Waals surface area contributed by atoms with E-state index in [2.05, 4.69) is 61.8 Å². The highest BCUT2D eigenvalue weighted by Crippen LogP contribution is 2.36. The number of thiazole rings is 2. The van der Waals surface area contributed by atoms with Gasteiger partial charge in [-0.1, -0.05) is 0 Å². The molecule has 7 rings (SSSR count). The largest absolute Gasteiger partial charge is 0.441 e. The van der Waals surface area contributed by atoms with E-state index in [1.54, 1.807) is 0 Å². The van der Waals surface area contributed by atoms with Gasteiger partial charge in [-0.05, 0) is 27.7 Å². The number of hydrogen-bond donors (Lipinski definition) is 26. The molecule has 0 saturated carbocycles. The number of ether oxygens (including phenoxy) is 7. The van der Waals surface area contributed by atoms with E-state index in [-0.39, 0.29) is 45.7 Å². The molecule has 3 aliphatic rings. The van der Waals surface area contributed by atoms with Gasteiger partial charge in [-0.25, -0.2) is 29.7 Å². The van der Waals surface area contributed by atoms with Crippen molar-refractivity contribution in [2.45, 2.75) is 200 Å². The number of nitrogen functional groups attached to an aromatic ring is 1. The summed E-state index contributed by atoms with van der Waals surface area (Å²) < 4.78 is 40.3. The molecular weight excluding hydrogens is 1460 g/mol. The molecule has 106 heavy (non-hydrogen) atoms. The van der Waals surface area contributed by atoms with Crippen LogP contribution in [-0.4, -0.2) is 312 Å². The van der Waals surface area contributed by atoms with Gasteiger partial charge in [-0.15, -0.1) is 22.7 Å². The number of aromatic nitrogens is 6. The van der Waals surface area contributed by atoms with E-state index in [1.807, 2.05) is 0 Å². The van der Waals surface area contributed by atoms with E-state index in [0.717, 1.165) is 49.0 Å². The number of primary amides is 3. The van der Waals surface area contributed by atoms with Crippen LogP contribution in [0.5, 0.6) is 0 Å². The number of nitrogens with two attached hydrogens (primary N) is 7. The second-order valence-corrected chi connectivity index (χ2v) is 26.6. The Bertz CT molecular complexity index is 3630. The fourth-order valence-electron chi connectivity index (χ4n) is 10.7. The number of nitrogens with zero attached hydrogens (tertiary/aromatic N) is 5. The number of rotatable bonds is 36. The third kappa shape index (κ3) is 21.5. The molecular formula is C58H89N19O27S2. The van der Waals surface area contributed by atoms with E-state index < -0.39 is 256 Å². The summed E-state index contributed by atoms with van der Waals surface area (Å²) in [6.07, 6.45) is -39.0. The fraction of sp³-hybridized carbons (Fsp3) is 0.638. The van der Waals surface area contributed by atoms with Crippen LogP contribution in [-0.2, 0) is 57.1 Å². The zero-order valence-electron chi connectivity index (χ0n) is 56.9. The average Bonchev–Trinajstić information content (AvgIpc) is 0.816. The molecule has 0 bridgehead atoms. The molecule has 4 aromatic heterocycles. The third-order valence-corrected chi connectivity index (χ3v) is 18.7. The standard InChI is InChI=1S/C58H89N19O27S2/c1-16-32(74-47(76-45(16)63)22(5-29(61)83)67-9-21(60)46(64)92)49(94)75-34(42(23-10-66-15-69-23)101-57-44(38(88)35(85)27(11-78)100-57)102-56-40(90)43(103-58(65)97)36(86)28(12-79)99-56)51(96)70-17(2)26(82)6-30(84)73-33(18(3)80)50(95)77-52(104-55-39(89)37(87)31(62)19(4)98-55)41(91)54-72-25(14-106-54)53-71-24(13-105-53)48(93)68-8-20(81)7-59/h10,13-15,17-22,26-28,31,33-44,52,55-57,67,78-82,85-91H,5-9,11-12,59-60,62H2,1-4H3,(H2,61,83)(H2,64,92)(H2,65,97)(H,66,69)(H,68,93)(H,70,96)(H,73,84)(H,75,94)(H,77,95)(H2,63,74,76)/t17-,18-,19+,20?,21+,22+,26+,27+,28-,31-,33+,34+,35-,36-,37-,38+,39-,40+,41?,42+,43+,44+,52?,55+,56-,57+/m1/s1. The van der Waals surface area contributed by atoms with E-state index in [4.69, 9.17) is 73.3 Å². The summed E-state index contributed by atoms with van der Waals surface area (Å²) in [4.78, 5) is 131. The van der Waals surface area contributed by atoms with E-state index in [9.17, 15) is 94.8 Å². The molecule has 4 aromatic rings. The number of imidazole rings is 1. The molecule has 46 nitrogen and oxygen atoms in total. The molecule has 590 valence electrons. The Morgan fingerprint density at radius 1 is 0.726 bits per heavy atom. The van der Waals surface area contributed by atoms with Crippen molar-refractivity contribution in [3.63, 3.8) is 0 Å². The number of aromatic amines is 1. The average molecular weight is 1550 g/mol. The van der Waals surface area contributed by atoms with Crippen LogP contribution in [0.15, 0.2) is 23.3 Å². The van der Waals surface area contributed by atoms with E-state index in [0.29, 0.717) is 0 Å². The molecule has 0 radical (unpaired) electrons. The first-order valence-corrected chi connectivity index (χ1v) is 34.2. The number of anilines is 1. The lowest BCUT2D eigenvalue weighted by molar-refractivity contribution is -0.372. The number of hydrogen-bond acceptors (Lipinski definition) is 39. The number of carbonyl (C=O) groups is 8. The lowest BCUT2D eigenvalue weighted by Gasteiger charge is -2.47. The highest BCUT2D eigenvalue weighted by atomic mass is 32.1. The monoisotopic (exact) mass is 1550 g/mol. The summed E-state index contributed by atoms with van der Waals surface area (Å²) in [5, 5.41) is 149. The minimum atomic E-state index is -2.27. The molecule has 3 fully saturated rings. The number of aliphatic hydroxyl groups is 12. The van der Waals surface area contributed by atoms with Gasteiger partial charge in [0.25, 0.3) is 11.8 Å². The molecule has 26 atom stereocenters. The number of H-pyrrole nitrogens is 1. The van der Waals surface area contributed by atoms with Crippen molar-refractivity contribution in [2.75, 3.05) is 38.6 Å². The third-order valence-electron chi connectivity index (χ3n) is 16.9. The maximum absolute atomic E-state index is 15.3. The molecule has 0 spiro atoms. The minimum Gasteiger partial charge on any atom is -0.441 e. The molecule has 48 heteroatoms. The van der Waals surface area contributed by atoms with Crippen molar-refractivity contribution in [1.29, 1.82) is 0 Å². The lowest BCUT2D eigenvalue weighted by Crippen LogP contribution is -2.65. The first kappa shape index (κ1) is 85.3. The van der Waals surface area contributed by atoms with Crippen molar-refractivity contribution >= 4 is 75.9 Å². The van der Waals surface area contributed by atoms with Gasteiger partial charge >= 0.3 is 6.09 Å². The van der Waals surface area contributed by atoms with Crippen molar-refractivity contribution in [3.8, 4) is 10.7 Å². The molecule has 3 saturated heterocycles. The van der Waals surface area contributed by atoms with Gasteiger partial charge in [-0.3, -0.25) is 33.6 Å². The number of aliphatic hydroxyl groups excluding tert-OH is 12. The van der Waals surface area contributed by atoms with Gasteiger partial charge in [0, 0.05) is 42.4 Å². The van der Waals surface area contributed by atoms with Gasteiger partial charge in [0.2, 0.25) is 29.5 Å². The quantitative estimate of drug-likeness (QED) is 0.0188. The Hall–Kier alpha value is -7.97. The summed E-state index contributed by atoms with van der Waals surface area (Å²) in [6, 6.07) is -9.71. The van der Waals surface area contributed by atoms with Crippen molar-refractivity contribution in [3.05, 3.63) is 56.8 Å². The molecule has 7 heterocycles. The van der Waals surface area contributed by atoms with Crippen molar-refractivity contribution < 1.29 is 133 Å². The van der Waals surface area contributed by atoms with E-state index >= 15 is 4.79 Å². The first-order valence-electron chi connectivity index (χ1n) is 32.4. The summed E-state index contributed by atoms with van der Waals surface area (Å²) >= 11 is 1.78. The Morgan fingerprint density at radius 3 is 2.02 bits per heavy atom. The predicted molar refractivity (Wildman–Crippen MR) is 356 cm³/mol. The first-order chi connectivity index (χ1) is 50.0. The van der Waals surface area contributed by atoms with E-state index in [1.165, 1.54) is 24.6 Å². The highest BCUT2D eigenvalue weighted by Gasteiger charge is 2.54. The second-order valence-electron chi connectivity index (χ2n) is 24.9. The highest BCUT2D eigenvalue weighted by molar-refractivity contribution is 7.14. The number of amides is 8. The Morgan fingerprint density at radius 2 is 1.40 bits per heavy atom. The van der Waals surface area contributed by atoms with Crippen LogP contribution in [0.1, 0.15) is 94.9 Å². The Balaban J connectivity index is 1.18. The zero-order valence-corrected chi connectivity index (χ0v) is 58.5.